The van der Waals surface area contributed by atoms with Gasteiger partial charge in [0.05, 0.1) is 12.2 Å². The van der Waals surface area contributed by atoms with Crippen molar-refractivity contribution in [2.75, 3.05) is 13.2 Å². The summed E-state index contributed by atoms with van der Waals surface area (Å²) in [5, 5.41) is 10.5. The third-order valence-corrected chi connectivity index (χ3v) is 4.26. The Balaban J connectivity index is 1.68. The Morgan fingerprint density at radius 1 is 1.07 bits per heavy atom. The zero-order valence-corrected chi connectivity index (χ0v) is 14.8. The van der Waals surface area contributed by atoms with Gasteiger partial charge in [-0.05, 0) is 17.7 Å². The van der Waals surface area contributed by atoms with Gasteiger partial charge >= 0.3 is 5.69 Å². The smallest absolute Gasteiger partial charge is 0.331 e. The molecule has 2 heterocycles. The number of benzene rings is 2. The predicted octanol–water partition coefficient (Wildman–Crippen LogP) is 1.81. The van der Waals surface area contributed by atoms with Crippen LogP contribution in [-0.2, 0) is 6.54 Å². The van der Waals surface area contributed by atoms with E-state index in [4.69, 9.17) is 9.47 Å². The Labute approximate surface area is 159 Å². The second kappa shape index (κ2) is 7.43. The van der Waals surface area contributed by atoms with Crippen LogP contribution >= 0.6 is 0 Å². The molecule has 0 bridgehead atoms. The van der Waals surface area contributed by atoms with Crippen molar-refractivity contribution in [3.63, 3.8) is 0 Å². The number of nitrogens with zero attached hydrogens (tertiary/aromatic N) is 2. The molecule has 0 aliphatic carbocycles. The van der Waals surface area contributed by atoms with Crippen LogP contribution in [0.1, 0.15) is 11.1 Å². The van der Waals surface area contributed by atoms with E-state index in [1.165, 1.54) is 6.21 Å². The molecule has 0 fully saturated rings. The van der Waals surface area contributed by atoms with E-state index in [1.807, 2.05) is 30.3 Å². The van der Waals surface area contributed by atoms with E-state index < -0.39 is 17.1 Å². The number of aromatic nitrogens is 2. The fourth-order valence-electron chi connectivity index (χ4n) is 2.86. The largest absolute Gasteiger partial charge is 0.494 e. The lowest BCUT2D eigenvalue weighted by molar-refractivity contribution is 0.171. The van der Waals surface area contributed by atoms with Crippen LogP contribution < -0.4 is 20.7 Å². The van der Waals surface area contributed by atoms with Crippen molar-refractivity contribution in [2.45, 2.75) is 6.54 Å². The van der Waals surface area contributed by atoms with Crippen molar-refractivity contribution >= 4 is 11.9 Å². The quantitative estimate of drug-likeness (QED) is 0.673. The summed E-state index contributed by atoms with van der Waals surface area (Å²) in [5.41, 5.74) is -0.188. The lowest BCUT2D eigenvalue weighted by atomic mass is 10.2. The van der Waals surface area contributed by atoms with Crippen molar-refractivity contribution in [3.8, 4) is 17.4 Å². The minimum absolute atomic E-state index is 0.106. The third-order valence-electron chi connectivity index (χ3n) is 4.26. The molecule has 1 aliphatic heterocycles. The van der Waals surface area contributed by atoms with Gasteiger partial charge in [-0.25, -0.2) is 4.79 Å². The Bertz CT molecular complexity index is 1150. The van der Waals surface area contributed by atoms with Gasteiger partial charge in [0.15, 0.2) is 11.5 Å². The Kier molecular flexibility index (Phi) is 4.67. The van der Waals surface area contributed by atoms with Gasteiger partial charge in [0.25, 0.3) is 5.56 Å². The summed E-state index contributed by atoms with van der Waals surface area (Å²) in [4.78, 5) is 30.7. The van der Waals surface area contributed by atoms with E-state index in [2.05, 4.69) is 9.98 Å². The second-order valence-electron chi connectivity index (χ2n) is 6.15. The van der Waals surface area contributed by atoms with Crippen LogP contribution in [0.25, 0.3) is 0 Å². The van der Waals surface area contributed by atoms with Crippen LogP contribution in [0.2, 0.25) is 0 Å². The SMILES string of the molecule is O=c1[nH]c(=O)n(Cc2ccccc2)c(O)c1C=Nc1ccc2c(c1)OCCO2. The standard InChI is InChI=1S/C20H17N3O5/c24-18-15(11-21-14-6-7-16-17(10-14)28-9-8-27-16)19(25)23(20(26)22-18)12-13-4-2-1-3-5-13/h1-7,10-11,25H,8-9,12H2,(H,22,24,26). The normalized spacial score (nSPS) is 13.0. The van der Waals surface area contributed by atoms with Crippen molar-refractivity contribution in [1.82, 2.24) is 9.55 Å². The van der Waals surface area contributed by atoms with Gasteiger partial charge in [-0.15, -0.1) is 0 Å². The number of nitrogens with one attached hydrogen (secondary N) is 1. The second-order valence-corrected chi connectivity index (χ2v) is 6.15. The molecule has 142 valence electrons. The number of hydrogen-bond donors (Lipinski definition) is 2. The van der Waals surface area contributed by atoms with Gasteiger partial charge in [-0.1, -0.05) is 30.3 Å². The number of aromatic amines is 1. The van der Waals surface area contributed by atoms with Crippen LogP contribution in [0.5, 0.6) is 17.4 Å². The van der Waals surface area contributed by atoms with Crippen molar-refractivity contribution in [2.24, 2.45) is 4.99 Å². The van der Waals surface area contributed by atoms with E-state index in [1.54, 1.807) is 18.2 Å². The van der Waals surface area contributed by atoms with Gasteiger partial charge in [0.2, 0.25) is 5.88 Å². The zero-order chi connectivity index (χ0) is 19.5. The molecule has 3 aromatic rings. The molecule has 1 aliphatic rings. The summed E-state index contributed by atoms with van der Waals surface area (Å²) >= 11 is 0. The topological polar surface area (TPSA) is 106 Å². The van der Waals surface area contributed by atoms with Crippen LogP contribution in [-0.4, -0.2) is 34.1 Å². The maximum absolute atomic E-state index is 12.2. The maximum Gasteiger partial charge on any atom is 0.331 e. The van der Waals surface area contributed by atoms with Crippen LogP contribution in [0, 0.1) is 0 Å². The molecule has 2 aromatic carbocycles. The van der Waals surface area contributed by atoms with Gasteiger partial charge in [0, 0.05) is 12.3 Å². The average molecular weight is 379 g/mol. The molecule has 0 unspecified atom stereocenters. The van der Waals surface area contributed by atoms with Crippen LogP contribution in [0.15, 0.2) is 63.1 Å². The highest BCUT2D eigenvalue weighted by Gasteiger charge is 2.14. The van der Waals surface area contributed by atoms with Crippen LogP contribution in [0.4, 0.5) is 5.69 Å². The van der Waals surface area contributed by atoms with Gasteiger partial charge in [-0.3, -0.25) is 19.3 Å². The van der Waals surface area contributed by atoms with Gasteiger partial charge in [0.1, 0.15) is 18.8 Å². The average Bonchev–Trinajstić information content (AvgIpc) is 2.71. The van der Waals surface area contributed by atoms with E-state index in [9.17, 15) is 14.7 Å². The summed E-state index contributed by atoms with van der Waals surface area (Å²) < 4.78 is 12.0. The first kappa shape index (κ1) is 17.6. The molecule has 28 heavy (non-hydrogen) atoms. The number of aliphatic imine (C=N–C) groups is 1. The molecule has 0 saturated heterocycles. The molecular formula is C20H17N3O5. The molecule has 1 aromatic heterocycles. The molecule has 0 radical (unpaired) electrons. The highest BCUT2D eigenvalue weighted by Crippen LogP contribution is 2.33. The number of hydrogen-bond acceptors (Lipinski definition) is 6. The molecule has 8 nitrogen and oxygen atoms in total. The maximum atomic E-state index is 12.2. The first-order valence-corrected chi connectivity index (χ1v) is 8.65. The third kappa shape index (κ3) is 3.52. The van der Waals surface area contributed by atoms with E-state index in [0.717, 1.165) is 10.1 Å². The van der Waals surface area contributed by atoms with Crippen molar-refractivity contribution < 1.29 is 14.6 Å². The molecular weight excluding hydrogens is 362 g/mol. The van der Waals surface area contributed by atoms with Gasteiger partial charge in [-0.2, -0.15) is 0 Å². The lowest BCUT2D eigenvalue weighted by Crippen LogP contribution is -2.32. The highest BCUT2D eigenvalue weighted by molar-refractivity contribution is 5.84. The Morgan fingerprint density at radius 3 is 2.61 bits per heavy atom. The number of rotatable bonds is 4. The van der Waals surface area contributed by atoms with Crippen molar-refractivity contribution in [3.05, 3.63) is 80.5 Å². The highest BCUT2D eigenvalue weighted by atomic mass is 16.6. The number of ether oxygens (including phenoxy) is 2. The Hall–Kier alpha value is -3.81. The summed E-state index contributed by atoms with van der Waals surface area (Å²) in [6.07, 6.45) is 1.22. The van der Waals surface area contributed by atoms with E-state index in [0.29, 0.717) is 30.4 Å². The molecule has 4 rings (SSSR count). The first-order chi connectivity index (χ1) is 13.6. The fraction of sp³-hybridized carbons (Fsp3) is 0.150. The monoisotopic (exact) mass is 379 g/mol. The summed E-state index contributed by atoms with van der Waals surface area (Å²) in [6.45, 7) is 1.06. The molecule has 2 N–H and O–H groups in total. The lowest BCUT2D eigenvalue weighted by Gasteiger charge is -2.18. The predicted molar refractivity (Wildman–Crippen MR) is 103 cm³/mol. The number of fused-ring (bicyclic) bond motifs is 1. The molecule has 0 spiro atoms. The first-order valence-electron chi connectivity index (χ1n) is 8.65. The van der Waals surface area contributed by atoms with Gasteiger partial charge < -0.3 is 14.6 Å². The number of H-pyrrole nitrogens is 1. The van der Waals surface area contributed by atoms with Crippen LogP contribution in [0.3, 0.4) is 0 Å². The summed E-state index contributed by atoms with van der Waals surface area (Å²) in [6, 6.07) is 14.2. The minimum atomic E-state index is -0.715. The minimum Gasteiger partial charge on any atom is -0.494 e. The molecule has 0 atom stereocenters. The Morgan fingerprint density at radius 2 is 1.82 bits per heavy atom. The summed E-state index contributed by atoms with van der Waals surface area (Å²) in [7, 11) is 0. The fourth-order valence-corrected chi connectivity index (χ4v) is 2.86. The molecule has 0 saturated carbocycles. The number of aromatic hydroxyl groups is 1. The molecule has 8 heteroatoms. The van der Waals surface area contributed by atoms with E-state index >= 15 is 0 Å². The summed E-state index contributed by atoms with van der Waals surface area (Å²) in [5.74, 6) is 0.745. The van der Waals surface area contributed by atoms with E-state index in [-0.39, 0.29) is 12.1 Å². The zero-order valence-electron chi connectivity index (χ0n) is 14.8. The van der Waals surface area contributed by atoms with Crippen molar-refractivity contribution in [1.29, 1.82) is 0 Å². The molecule has 0 amide bonds.